The van der Waals surface area contributed by atoms with Crippen LogP contribution in [0.5, 0.6) is 0 Å². The first-order valence-corrected chi connectivity index (χ1v) is 6.45. The van der Waals surface area contributed by atoms with Gasteiger partial charge in [-0.1, -0.05) is 6.07 Å². The van der Waals surface area contributed by atoms with Gasteiger partial charge in [0, 0.05) is 19.7 Å². The van der Waals surface area contributed by atoms with Crippen LogP contribution in [0.2, 0.25) is 0 Å². The Morgan fingerprint density at radius 1 is 1.40 bits per heavy atom. The van der Waals surface area contributed by atoms with Crippen LogP contribution in [-0.2, 0) is 9.59 Å². The highest BCUT2D eigenvalue weighted by Gasteiger charge is 2.32. The SMILES string of the molecule is Cc1cccn2nc(NC3CCC(=O)N(C)C3=O)nc12. The van der Waals surface area contributed by atoms with Crippen molar-refractivity contribution in [2.24, 2.45) is 0 Å². The van der Waals surface area contributed by atoms with Crippen LogP contribution in [-0.4, -0.2) is 44.4 Å². The highest BCUT2D eigenvalue weighted by atomic mass is 16.2. The van der Waals surface area contributed by atoms with Crippen molar-refractivity contribution in [2.45, 2.75) is 25.8 Å². The number of likely N-dealkylation sites (N-methyl/N-ethyl adjacent to an activating group) is 1. The molecular weight excluding hydrogens is 258 g/mol. The molecule has 0 aromatic carbocycles. The molecule has 20 heavy (non-hydrogen) atoms. The summed E-state index contributed by atoms with van der Waals surface area (Å²) in [5.41, 5.74) is 1.76. The van der Waals surface area contributed by atoms with Crippen LogP contribution in [0.15, 0.2) is 18.3 Å². The van der Waals surface area contributed by atoms with E-state index in [1.807, 2.05) is 19.1 Å². The van der Waals surface area contributed by atoms with Gasteiger partial charge in [0.2, 0.25) is 11.9 Å². The normalized spacial score (nSPS) is 19.7. The highest BCUT2D eigenvalue weighted by Crippen LogP contribution is 2.16. The lowest BCUT2D eigenvalue weighted by Crippen LogP contribution is -2.48. The van der Waals surface area contributed by atoms with E-state index < -0.39 is 6.04 Å². The number of likely N-dealkylation sites (tertiary alicyclic amines) is 1. The first kappa shape index (κ1) is 12.6. The molecule has 0 bridgehead atoms. The number of nitrogens with zero attached hydrogens (tertiary/aromatic N) is 4. The molecule has 2 aromatic heterocycles. The minimum absolute atomic E-state index is 0.146. The van der Waals surface area contributed by atoms with Crippen molar-refractivity contribution in [1.29, 1.82) is 0 Å². The molecule has 1 saturated heterocycles. The Labute approximate surface area is 115 Å². The van der Waals surface area contributed by atoms with E-state index in [1.165, 1.54) is 7.05 Å². The van der Waals surface area contributed by atoms with Crippen molar-refractivity contribution < 1.29 is 9.59 Å². The number of piperidine rings is 1. The Morgan fingerprint density at radius 3 is 2.95 bits per heavy atom. The van der Waals surface area contributed by atoms with Crippen LogP contribution < -0.4 is 5.32 Å². The zero-order chi connectivity index (χ0) is 14.3. The van der Waals surface area contributed by atoms with Crippen molar-refractivity contribution in [2.75, 3.05) is 12.4 Å². The minimum Gasteiger partial charge on any atom is -0.341 e. The first-order chi connectivity index (χ1) is 9.56. The van der Waals surface area contributed by atoms with Crippen molar-refractivity contribution in [3.63, 3.8) is 0 Å². The zero-order valence-electron chi connectivity index (χ0n) is 11.3. The fraction of sp³-hybridized carbons (Fsp3) is 0.385. The zero-order valence-corrected chi connectivity index (χ0v) is 11.3. The third kappa shape index (κ3) is 2.01. The van der Waals surface area contributed by atoms with Gasteiger partial charge >= 0.3 is 0 Å². The van der Waals surface area contributed by atoms with E-state index in [0.29, 0.717) is 18.8 Å². The monoisotopic (exact) mass is 273 g/mol. The van der Waals surface area contributed by atoms with E-state index in [-0.39, 0.29) is 11.8 Å². The van der Waals surface area contributed by atoms with Crippen molar-refractivity contribution >= 4 is 23.4 Å². The molecule has 1 aliphatic heterocycles. The molecule has 1 atom stereocenters. The maximum absolute atomic E-state index is 12.0. The number of nitrogens with one attached hydrogen (secondary N) is 1. The Hall–Kier alpha value is -2.44. The summed E-state index contributed by atoms with van der Waals surface area (Å²) in [6.07, 6.45) is 2.63. The molecule has 1 unspecified atom stereocenters. The summed E-state index contributed by atoms with van der Waals surface area (Å²) in [6, 6.07) is 3.39. The maximum atomic E-state index is 12.0. The maximum Gasteiger partial charge on any atom is 0.251 e. The Kier molecular flexibility index (Phi) is 2.89. The molecule has 7 heteroatoms. The van der Waals surface area contributed by atoms with Gasteiger partial charge in [0.05, 0.1) is 0 Å². The molecule has 2 amide bonds. The molecule has 0 radical (unpaired) electrons. The lowest BCUT2D eigenvalue weighted by atomic mass is 10.1. The number of fused-ring (bicyclic) bond motifs is 1. The summed E-state index contributed by atoms with van der Waals surface area (Å²) in [6.45, 7) is 1.95. The molecule has 1 N–H and O–H groups in total. The van der Waals surface area contributed by atoms with E-state index in [4.69, 9.17) is 0 Å². The van der Waals surface area contributed by atoms with Gasteiger partial charge < -0.3 is 5.32 Å². The molecular formula is C13H15N5O2. The topological polar surface area (TPSA) is 79.6 Å². The summed E-state index contributed by atoms with van der Waals surface area (Å²) < 4.78 is 1.67. The average molecular weight is 273 g/mol. The number of anilines is 1. The fourth-order valence-corrected chi connectivity index (χ4v) is 2.31. The molecule has 0 saturated carbocycles. The molecule has 0 aliphatic carbocycles. The van der Waals surface area contributed by atoms with Gasteiger partial charge in [-0.3, -0.25) is 14.5 Å². The average Bonchev–Trinajstić information content (AvgIpc) is 2.84. The Bertz CT molecular complexity index is 693. The number of aryl methyl sites for hydroxylation is 1. The minimum atomic E-state index is -0.449. The van der Waals surface area contributed by atoms with E-state index in [0.717, 1.165) is 16.1 Å². The van der Waals surface area contributed by atoms with Crippen LogP contribution >= 0.6 is 0 Å². The van der Waals surface area contributed by atoms with Gasteiger partial charge in [-0.2, -0.15) is 4.98 Å². The summed E-state index contributed by atoms with van der Waals surface area (Å²) in [5.74, 6) is 0.0177. The van der Waals surface area contributed by atoms with E-state index >= 15 is 0 Å². The van der Waals surface area contributed by atoms with Crippen molar-refractivity contribution in [1.82, 2.24) is 19.5 Å². The summed E-state index contributed by atoms with van der Waals surface area (Å²) in [5, 5.41) is 7.30. The number of aromatic nitrogens is 3. The summed E-state index contributed by atoms with van der Waals surface area (Å²) in [7, 11) is 1.50. The standard InChI is InChI=1S/C13H15N5O2/c1-8-4-3-7-18-11(8)15-13(16-18)14-9-5-6-10(19)17(2)12(9)20/h3-4,7,9H,5-6H2,1-2H3,(H,14,16). The quantitative estimate of drug-likeness (QED) is 0.810. The van der Waals surface area contributed by atoms with Crippen LogP contribution in [0.1, 0.15) is 18.4 Å². The number of pyridine rings is 1. The number of amides is 2. The van der Waals surface area contributed by atoms with E-state index in [1.54, 1.807) is 10.7 Å². The first-order valence-electron chi connectivity index (χ1n) is 6.45. The van der Waals surface area contributed by atoms with Gasteiger partial charge in [0.15, 0.2) is 5.65 Å². The molecule has 3 heterocycles. The Balaban J connectivity index is 1.84. The largest absolute Gasteiger partial charge is 0.341 e. The number of carbonyl (C=O) groups is 2. The van der Waals surface area contributed by atoms with Gasteiger partial charge in [0.25, 0.3) is 5.91 Å². The molecule has 3 rings (SSSR count). The summed E-state index contributed by atoms with van der Waals surface area (Å²) in [4.78, 5) is 29.0. The number of imide groups is 1. The van der Waals surface area contributed by atoms with Gasteiger partial charge in [0.1, 0.15) is 6.04 Å². The van der Waals surface area contributed by atoms with Gasteiger partial charge in [-0.25, -0.2) is 4.52 Å². The summed E-state index contributed by atoms with van der Waals surface area (Å²) >= 11 is 0. The van der Waals surface area contributed by atoms with Crippen LogP contribution in [0.25, 0.3) is 5.65 Å². The van der Waals surface area contributed by atoms with Gasteiger partial charge in [-0.15, -0.1) is 5.10 Å². The molecule has 7 nitrogen and oxygen atoms in total. The van der Waals surface area contributed by atoms with E-state index in [2.05, 4.69) is 15.4 Å². The highest BCUT2D eigenvalue weighted by molar-refractivity contribution is 6.01. The smallest absolute Gasteiger partial charge is 0.251 e. The second-order valence-electron chi connectivity index (χ2n) is 4.92. The number of carbonyl (C=O) groups excluding carboxylic acids is 2. The molecule has 1 aliphatic rings. The van der Waals surface area contributed by atoms with Crippen molar-refractivity contribution in [3.8, 4) is 0 Å². The van der Waals surface area contributed by atoms with E-state index in [9.17, 15) is 9.59 Å². The lowest BCUT2D eigenvalue weighted by Gasteiger charge is -2.27. The van der Waals surface area contributed by atoms with Gasteiger partial charge in [-0.05, 0) is 25.0 Å². The third-order valence-corrected chi connectivity index (χ3v) is 3.51. The molecule has 1 fully saturated rings. The predicted octanol–water partition coefficient (Wildman–Crippen LogP) is 0.597. The molecule has 2 aromatic rings. The lowest BCUT2D eigenvalue weighted by molar-refractivity contribution is -0.146. The number of hydrogen-bond donors (Lipinski definition) is 1. The fourth-order valence-electron chi connectivity index (χ4n) is 2.31. The van der Waals surface area contributed by atoms with Crippen LogP contribution in [0, 0.1) is 6.92 Å². The molecule has 104 valence electrons. The second kappa shape index (κ2) is 4.59. The van der Waals surface area contributed by atoms with Crippen LogP contribution in [0.4, 0.5) is 5.95 Å². The van der Waals surface area contributed by atoms with Crippen LogP contribution in [0.3, 0.4) is 0 Å². The predicted molar refractivity (Wildman–Crippen MR) is 72.1 cm³/mol. The number of rotatable bonds is 2. The van der Waals surface area contributed by atoms with Crippen molar-refractivity contribution in [3.05, 3.63) is 23.9 Å². The second-order valence-corrected chi connectivity index (χ2v) is 4.92. The number of hydrogen-bond acceptors (Lipinski definition) is 5. The Morgan fingerprint density at radius 2 is 2.20 bits per heavy atom. The molecule has 0 spiro atoms. The third-order valence-electron chi connectivity index (χ3n) is 3.51.